The molecule has 27 heavy (non-hydrogen) atoms. The maximum absolute atomic E-state index is 12.5. The molecule has 0 radical (unpaired) electrons. The van der Waals surface area contributed by atoms with Crippen LogP contribution in [-0.4, -0.2) is 41.3 Å². The normalized spacial score (nSPS) is 15.0. The minimum Gasteiger partial charge on any atom is -0.353 e. The fourth-order valence-electron chi connectivity index (χ4n) is 3.29. The van der Waals surface area contributed by atoms with Crippen LogP contribution in [0.15, 0.2) is 60.9 Å². The van der Waals surface area contributed by atoms with Gasteiger partial charge in [-0.15, -0.1) is 0 Å². The Morgan fingerprint density at radius 2 is 1.89 bits per heavy atom. The predicted octanol–water partition coefficient (Wildman–Crippen LogP) is 3.15. The lowest BCUT2D eigenvalue weighted by molar-refractivity contribution is -0.116. The summed E-state index contributed by atoms with van der Waals surface area (Å²) in [6, 6.07) is 13.2. The highest BCUT2D eigenvalue weighted by Crippen LogP contribution is 2.21. The Balaban J connectivity index is 1.35. The molecule has 0 bridgehead atoms. The van der Waals surface area contributed by atoms with E-state index in [0.717, 1.165) is 43.5 Å². The molecular formula is C22H25N3O2. The number of hydrogen-bond donors (Lipinski definition) is 1. The summed E-state index contributed by atoms with van der Waals surface area (Å²) < 4.78 is 0. The summed E-state index contributed by atoms with van der Waals surface area (Å²) in [5.74, 6) is 0.575. The molecule has 0 unspecified atom stereocenters. The highest BCUT2D eigenvalue weighted by molar-refractivity contribution is 5.94. The van der Waals surface area contributed by atoms with Gasteiger partial charge < -0.3 is 10.2 Å². The highest BCUT2D eigenvalue weighted by atomic mass is 16.2. The molecule has 5 nitrogen and oxygen atoms in total. The number of nitrogens with one attached hydrogen (secondary N) is 1. The summed E-state index contributed by atoms with van der Waals surface area (Å²) >= 11 is 0. The Labute approximate surface area is 160 Å². The second-order valence-electron chi connectivity index (χ2n) is 6.80. The number of amides is 2. The van der Waals surface area contributed by atoms with E-state index in [-0.39, 0.29) is 11.8 Å². The molecule has 140 valence electrons. The van der Waals surface area contributed by atoms with Crippen LogP contribution in [0.3, 0.4) is 0 Å². The lowest BCUT2D eigenvalue weighted by Crippen LogP contribution is -2.39. The van der Waals surface area contributed by atoms with Gasteiger partial charge in [0.1, 0.15) is 0 Å². The molecular weight excluding hydrogens is 338 g/mol. The lowest BCUT2D eigenvalue weighted by atomic mass is 9.93. The van der Waals surface area contributed by atoms with Gasteiger partial charge in [0.15, 0.2) is 0 Å². The van der Waals surface area contributed by atoms with Crippen LogP contribution in [0.2, 0.25) is 0 Å². The van der Waals surface area contributed by atoms with Crippen LogP contribution in [0.25, 0.3) is 6.08 Å². The summed E-state index contributed by atoms with van der Waals surface area (Å²) in [6.45, 7) is 2.23. The molecule has 1 aliphatic heterocycles. The summed E-state index contributed by atoms with van der Waals surface area (Å²) in [5, 5.41) is 2.93. The van der Waals surface area contributed by atoms with Crippen LogP contribution in [0, 0.1) is 5.92 Å². The van der Waals surface area contributed by atoms with Crippen molar-refractivity contribution in [1.82, 2.24) is 15.2 Å². The Kier molecular flexibility index (Phi) is 6.74. The molecule has 1 aliphatic rings. The Morgan fingerprint density at radius 3 is 2.59 bits per heavy atom. The smallest absolute Gasteiger partial charge is 0.253 e. The zero-order valence-corrected chi connectivity index (χ0v) is 15.4. The summed E-state index contributed by atoms with van der Waals surface area (Å²) in [6.07, 6.45) is 9.64. The number of nitrogens with zero attached hydrogens (tertiary/aromatic N) is 2. The molecule has 2 aromatic rings. The number of rotatable bonds is 6. The van der Waals surface area contributed by atoms with Crippen molar-refractivity contribution in [3.05, 3.63) is 72.1 Å². The fourth-order valence-corrected chi connectivity index (χ4v) is 3.29. The minimum atomic E-state index is -0.0875. The van der Waals surface area contributed by atoms with Crippen molar-refractivity contribution in [1.29, 1.82) is 0 Å². The number of benzene rings is 1. The van der Waals surface area contributed by atoms with Gasteiger partial charge in [-0.1, -0.05) is 24.3 Å². The molecule has 2 heterocycles. The molecule has 3 rings (SSSR count). The highest BCUT2D eigenvalue weighted by Gasteiger charge is 2.23. The molecule has 1 aromatic heterocycles. The quantitative estimate of drug-likeness (QED) is 0.802. The first-order valence-electron chi connectivity index (χ1n) is 9.42. The van der Waals surface area contributed by atoms with E-state index in [2.05, 4.69) is 10.3 Å². The van der Waals surface area contributed by atoms with Crippen molar-refractivity contribution in [2.45, 2.75) is 19.3 Å². The van der Waals surface area contributed by atoms with Crippen molar-refractivity contribution in [2.75, 3.05) is 19.6 Å². The van der Waals surface area contributed by atoms with Crippen molar-refractivity contribution < 1.29 is 9.59 Å². The van der Waals surface area contributed by atoms with Crippen molar-refractivity contribution >= 4 is 17.9 Å². The third kappa shape index (κ3) is 5.78. The van der Waals surface area contributed by atoms with E-state index in [0.29, 0.717) is 12.5 Å². The summed E-state index contributed by atoms with van der Waals surface area (Å²) in [5.41, 5.74) is 1.66. The standard InChI is InChI=1S/C22H25N3O2/c26-21(9-8-19-5-4-13-23-17-19)24-14-10-18-11-15-25(16-12-18)22(27)20-6-2-1-3-7-20/h1-9,13,17-18H,10-12,14-16H2,(H,24,26)/b9-8-. The van der Waals surface area contributed by atoms with Gasteiger partial charge in [0.05, 0.1) is 0 Å². The van der Waals surface area contributed by atoms with Crippen LogP contribution in [0.4, 0.5) is 0 Å². The molecule has 2 amide bonds. The third-order valence-electron chi connectivity index (χ3n) is 4.89. The predicted molar refractivity (Wildman–Crippen MR) is 106 cm³/mol. The second-order valence-corrected chi connectivity index (χ2v) is 6.80. The first-order valence-corrected chi connectivity index (χ1v) is 9.42. The molecule has 0 atom stereocenters. The number of likely N-dealkylation sites (tertiary alicyclic amines) is 1. The maximum atomic E-state index is 12.5. The number of hydrogen-bond acceptors (Lipinski definition) is 3. The number of piperidine rings is 1. The van der Waals surface area contributed by atoms with Gasteiger partial charge in [-0.25, -0.2) is 0 Å². The first-order chi connectivity index (χ1) is 13.2. The van der Waals surface area contributed by atoms with Gasteiger partial charge in [-0.05, 0) is 55.0 Å². The first kappa shape index (κ1) is 18.8. The zero-order valence-electron chi connectivity index (χ0n) is 15.4. The topological polar surface area (TPSA) is 62.3 Å². The molecule has 1 saturated heterocycles. The van der Waals surface area contributed by atoms with Gasteiger partial charge in [0, 0.05) is 43.7 Å². The van der Waals surface area contributed by atoms with Crippen LogP contribution >= 0.6 is 0 Å². The third-order valence-corrected chi connectivity index (χ3v) is 4.89. The van der Waals surface area contributed by atoms with Crippen molar-refractivity contribution in [3.63, 3.8) is 0 Å². The summed E-state index contributed by atoms with van der Waals surface area (Å²) in [7, 11) is 0. The Bertz CT molecular complexity index is 767. The van der Waals surface area contributed by atoms with Crippen molar-refractivity contribution in [3.8, 4) is 0 Å². The largest absolute Gasteiger partial charge is 0.353 e. The van der Waals surface area contributed by atoms with Gasteiger partial charge in [0.2, 0.25) is 5.91 Å². The van der Waals surface area contributed by atoms with Gasteiger partial charge >= 0.3 is 0 Å². The van der Waals surface area contributed by atoms with E-state index >= 15 is 0 Å². The van der Waals surface area contributed by atoms with Crippen LogP contribution < -0.4 is 5.32 Å². The number of carbonyl (C=O) groups is 2. The van der Waals surface area contributed by atoms with E-state index in [1.807, 2.05) is 47.4 Å². The molecule has 1 aromatic carbocycles. The molecule has 1 fully saturated rings. The average molecular weight is 363 g/mol. The van der Waals surface area contributed by atoms with Gasteiger partial charge in [-0.3, -0.25) is 14.6 Å². The van der Waals surface area contributed by atoms with E-state index in [4.69, 9.17) is 0 Å². The average Bonchev–Trinajstić information content (AvgIpc) is 2.74. The lowest BCUT2D eigenvalue weighted by Gasteiger charge is -2.32. The second kappa shape index (κ2) is 9.67. The number of aromatic nitrogens is 1. The van der Waals surface area contributed by atoms with E-state index in [9.17, 15) is 9.59 Å². The van der Waals surface area contributed by atoms with Crippen LogP contribution in [-0.2, 0) is 4.79 Å². The number of pyridine rings is 1. The van der Waals surface area contributed by atoms with Crippen LogP contribution in [0.1, 0.15) is 35.2 Å². The Hall–Kier alpha value is -2.95. The molecule has 0 spiro atoms. The van der Waals surface area contributed by atoms with E-state index in [1.165, 1.54) is 6.08 Å². The fraction of sp³-hybridized carbons (Fsp3) is 0.318. The molecule has 0 aliphatic carbocycles. The van der Waals surface area contributed by atoms with Gasteiger partial charge in [-0.2, -0.15) is 0 Å². The summed E-state index contributed by atoms with van der Waals surface area (Å²) in [4.78, 5) is 30.3. The van der Waals surface area contributed by atoms with Gasteiger partial charge in [0.25, 0.3) is 5.91 Å². The SMILES string of the molecule is O=C(/C=C\c1cccnc1)NCCC1CCN(C(=O)c2ccccc2)CC1. The monoisotopic (exact) mass is 363 g/mol. The molecule has 0 saturated carbocycles. The zero-order chi connectivity index (χ0) is 18.9. The van der Waals surface area contributed by atoms with E-state index < -0.39 is 0 Å². The molecule has 1 N–H and O–H groups in total. The van der Waals surface area contributed by atoms with Crippen molar-refractivity contribution in [2.24, 2.45) is 5.92 Å². The maximum Gasteiger partial charge on any atom is 0.253 e. The number of carbonyl (C=O) groups excluding carboxylic acids is 2. The minimum absolute atomic E-state index is 0.0875. The van der Waals surface area contributed by atoms with Crippen LogP contribution in [0.5, 0.6) is 0 Å². The van der Waals surface area contributed by atoms with E-state index in [1.54, 1.807) is 18.5 Å². The Morgan fingerprint density at radius 1 is 1.11 bits per heavy atom. The molecule has 5 heteroatoms.